The van der Waals surface area contributed by atoms with Crippen LogP contribution >= 0.6 is 0 Å². The van der Waals surface area contributed by atoms with Crippen molar-refractivity contribution in [1.29, 1.82) is 0 Å². The van der Waals surface area contributed by atoms with E-state index in [0.717, 1.165) is 12.1 Å². The Kier molecular flexibility index (Phi) is 5.39. The average molecular weight is 399 g/mol. The monoisotopic (exact) mass is 399 g/mol. The van der Waals surface area contributed by atoms with Crippen molar-refractivity contribution in [2.24, 2.45) is 5.92 Å². The van der Waals surface area contributed by atoms with E-state index in [1.165, 1.54) is 6.07 Å². The lowest BCUT2D eigenvalue weighted by molar-refractivity contribution is -0.139. The summed E-state index contributed by atoms with van der Waals surface area (Å²) in [4.78, 5) is 21.1. The number of hydrogen-bond donors (Lipinski definition) is 1. The number of hydrogen-bond acceptors (Lipinski definition) is 5. The third kappa shape index (κ3) is 4.49. The Bertz CT molecular complexity index is 889. The van der Waals surface area contributed by atoms with Crippen LogP contribution in [0, 0.1) is 18.7 Å². The van der Waals surface area contributed by atoms with Gasteiger partial charge in [0.2, 0.25) is 5.95 Å². The molecule has 0 aliphatic carbocycles. The first kappa shape index (κ1) is 19.8. The number of nitrogens with zero attached hydrogens (tertiary/aromatic N) is 3. The maximum atomic E-state index is 13.3. The van der Waals surface area contributed by atoms with E-state index in [2.05, 4.69) is 9.97 Å². The third-order valence-corrected chi connectivity index (χ3v) is 4.35. The van der Waals surface area contributed by atoms with Gasteiger partial charge in [-0.1, -0.05) is 0 Å². The molecule has 0 amide bonds. The molecule has 1 aromatic carbocycles. The van der Waals surface area contributed by atoms with E-state index in [4.69, 9.17) is 9.84 Å². The number of alkyl halides is 3. The SMILES string of the molecule is Cc1cc(C(=O)O)nc(N2CCC(COc3cc(F)ccc3C(F)(F)F)C2)n1. The van der Waals surface area contributed by atoms with Gasteiger partial charge in [-0.05, 0) is 31.5 Å². The molecule has 1 unspecified atom stereocenters. The zero-order valence-corrected chi connectivity index (χ0v) is 14.8. The minimum Gasteiger partial charge on any atom is -0.492 e. The topological polar surface area (TPSA) is 75.5 Å². The summed E-state index contributed by atoms with van der Waals surface area (Å²) < 4.78 is 57.7. The summed E-state index contributed by atoms with van der Waals surface area (Å²) in [5, 5.41) is 9.10. The number of benzene rings is 1. The molecule has 2 heterocycles. The number of halogens is 4. The van der Waals surface area contributed by atoms with Gasteiger partial charge in [0.05, 0.1) is 12.2 Å². The molecule has 1 aliphatic rings. The molecule has 1 aromatic heterocycles. The van der Waals surface area contributed by atoms with Crippen molar-refractivity contribution in [3.63, 3.8) is 0 Å². The van der Waals surface area contributed by atoms with E-state index in [9.17, 15) is 22.4 Å². The van der Waals surface area contributed by atoms with E-state index in [1.54, 1.807) is 11.8 Å². The second-order valence-electron chi connectivity index (χ2n) is 6.55. The molecular weight excluding hydrogens is 382 g/mol. The molecule has 10 heteroatoms. The number of carbonyl (C=O) groups is 1. The van der Waals surface area contributed by atoms with Gasteiger partial charge in [-0.15, -0.1) is 0 Å². The highest BCUT2D eigenvalue weighted by Crippen LogP contribution is 2.37. The van der Waals surface area contributed by atoms with E-state index in [-0.39, 0.29) is 24.2 Å². The summed E-state index contributed by atoms with van der Waals surface area (Å²) in [6, 6.07) is 3.46. The maximum Gasteiger partial charge on any atom is 0.419 e. The highest BCUT2D eigenvalue weighted by molar-refractivity contribution is 5.85. The number of aryl methyl sites for hydroxylation is 1. The van der Waals surface area contributed by atoms with E-state index in [0.29, 0.717) is 31.3 Å². The van der Waals surface area contributed by atoms with Crippen molar-refractivity contribution in [1.82, 2.24) is 9.97 Å². The number of aromatic nitrogens is 2. The highest BCUT2D eigenvalue weighted by atomic mass is 19.4. The van der Waals surface area contributed by atoms with Crippen molar-refractivity contribution in [2.45, 2.75) is 19.5 Å². The van der Waals surface area contributed by atoms with Gasteiger partial charge in [-0.3, -0.25) is 0 Å². The van der Waals surface area contributed by atoms with E-state index >= 15 is 0 Å². The molecule has 0 saturated carbocycles. The van der Waals surface area contributed by atoms with Crippen LogP contribution in [0.3, 0.4) is 0 Å². The minimum absolute atomic E-state index is 0.0410. The summed E-state index contributed by atoms with van der Waals surface area (Å²) in [5.74, 6) is -2.42. The van der Waals surface area contributed by atoms with Gasteiger partial charge >= 0.3 is 12.1 Å². The summed E-state index contributed by atoms with van der Waals surface area (Å²) in [6.07, 6.45) is -4.05. The molecule has 150 valence electrons. The number of carboxylic acid groups (broad SMARTS) is 1. The zero-order chi connectivity index (χ0) is 20.5. The smallest absolute Gasteiger partial charge is 0.419 e. The van der Waals surface area contributed by atoms with Gasteiger partial charge in [-0.25, -0.2) is 19.2 Å². The lowest BCUT2D eigenvalue weighted by atomic mass is 10.1. The van der Waals surface area contributed by atoms with Crippen LogP contribution in [0.2, 0.25) is 0 Å². The Balaban J connectivity index is 1.68. The molecule has 1 aliphatic heterocycles. The summed E-state index contributed by atoms with van der Waals surface area (Å²) >= 11 is 0. The minimum atomic E-state index is -4.65. The molecular formula is C18H17F4N3O3. The summed E-state index contributed by atoms with van der Waals surface area (Å²) in [5.41, 5.74) is -0.662. The van der Waals surface area contributed by atoms with Crippen LogP contribution in [0.5, 0.6) is 5.75 Å². The van der Waals surface area contributed by atoms with Gasteiger partial charge < -0.3 is 14.7 Å². The van der Waals surface area contributed by atoms with Gasteiger partial charge in [0, 0.05) is 30.8 Å². The Morgan fingerprint density at radius 2 is 2.07 bits per heavy atom. The molecule has 2 aromatic rings. The molecule has 0 radical (unpaired) electrons. The predicted molar refractivity (Wildman–Crippen MR) is 90.9 cm³/mol. The first-order chi connectivity index (χ1) is 13.1. The van der Waals surface area contributed by atoms with Gasteiger partial charge in [-0.2, -0.15) is 13.2 Å². The quantitative estimate of drug-likeness (QED) is 0.775. The fraction of sp³-hybridized carbons (Fsp3) is 0.389. The van der Waals surface area contributed by atoms with Crippen LogP contribution in [0.25, 0.3) is 0 Å². The molecule has 6 nitrogen and oxygen atoms in total. The largest absolute Gasteiger partial charge is 0.492 e. The van der Waals surface area contributed by atoms with E-state index < -0.39 is 29.3 Å². The predicted octanol–water partition coefficient (Wildman–Crippen LogP) is 3.55. The molecule has 28 heavy (non-hydrogen) atoms. The Hall–Kier alpha value is -2.91. The summed E-state index contributed by atoms with van der Waals surface area (Å²) in [6.45, 7) is 2.50. The first-order valence-corrected chi connectivity index (χ1v) is 8.47. The van der Waals surface area contributed by atoms with Crippen LogP contribution in [0.15, 0.2) is 24.3 Å². The maximum absolute atomic E-state index is 13.3. The molecule has 1 N–H and O–H groups in total. The second kappa shape index (κ2) is 7.61. The fourth-order valence-corrected chi connectivity index (χ4v) is 3.01. The van der Waals surface area contributed by atoms with E-state index in [1.807, 2.05) is 0 Å². The Morgan fingerprint density at radius 1 is 1.32 bits per heavy atom. The number of ether oxygens (including phenoxy) is 1. The van der Waals surface area contributed by atoms with Gasteiger partial charge in [0.25, 0.3) is 0 Å². The van der Waals surface area contributed by atoms with Crippen LogP contribution in [0.1, 0.15) is 28.2 Å². The number of aromatic carboxylic acids is 1. The third-order valence-electron chi connectivity index (χ3n) is 4.35. The average Bonchev–Trinajstić information content (AvgIpc) is 3.07. The number of carboxylic acids is 1. The number of rotatable bonds is 5. The lowest BCUT2D eigenvalue weighted by Crippen LogP contribution is -2.25. The first-order valence-electron chi connectivity index (χ1n) is 8.47. The van der Waals surface area contributed by atoms with Crippen molar-refractivity contribution >= 4 is 11.9 Å². The molecule has 0 bridgehead atoms. The Labute approximate surface area is 157 Å². The molecule has 0 spiro atoms. The Morgan fingerprint density at radius 3 is 2.75 bits per heavy atom. The standard InChI is InChI=1S/C18H17F4N3O3/c1-10-6-14(16(26)27)24-17(23-10)25-5-4-11(8-25)9-28-15-7-12(19)2-3-13(15)18(20,21)22/h2-3,6-7,11H,4-5,8-9H2,1H3,(H,26,27). The normalized spacial score (nSPS) is 17.0. The van der Waals surface area contributed by atoms with Crippen LogP contribution < -0.4 is 9.64 Å². The zero-order valence-electron chi connectivity index (χ0n) is 14.8. The van der Waals surface area contributed by atoms with Crippen molar-refractivity contribution < 1.29 is 32.2 Å². The van der Waals surface area contributed by atoms with Crippen LogP contribution in [-0.4, -0.2) is 40.7 Å². The fourth-order valence-electron chi connectivity index (χ4n) is 3.01. The molecule has 1 saturated heterocycles. The van der Waals surface area contributed by atoms with Crippen molar-refractivity contribution in [3.8, 4) is 5.75 Å². The number of anilines is 1. The molecule has 1 atom stereocenters. The molecule has 1 fully saturated rings. The van der Waals surface area contributed by atoms with Crippen LogP contribution in [-0.2, 0) is 6.18 Å². The van der Waals surface area contributed by atoms with Crippen molar-refractivity contribution in [3.05, 3.63) is 47.0 Å². The second-order valence-corrected chi connectivity index (χ2v) is 6.55. The molecule has 3 rings (SSSR count). The van der Waals surface area contributed by atoms with Gasteiger partial charge in [0.15, 0.2) is 5.69 Å². The summed E-state index contributed by atoms with van der Waals surface area (Å²) in [7, 11) is 0. The van der Waals surface area contributed by atoms with Gasteiger partial charge in [0.1, 0.15) is 11.6 Å². The highest BCUT2D eigenvalue weighted by Gasteiger charge is 2.35. The lowest BCUT2D eigenvalue weighted by Gasteiger charge is -2.18. The van der Waals surface area contributed by atoms with Crippen molar-refractivity contribution in [2.75, 3.05) is 24.6 Å². The van der Waals surface area contributed by atoms with Crippen LogP contribution in [0.4, 0.5) is 23.5 Å².